The highest BCUT2D eigenvalue weighted by atomic mass is 16.6. The molecule has 1 N–H and O–H groups in total. The van der Waals surface area contributed by atoms with Crippen LogP contribution in [-0.4, -0.2) is 50.2 Å². The largest absolute Gasteiger partial charge is 0.481 e. The van der Waals surface area contributed by atoms with Crippen LogP contribution in [0.4, 0.5) is 5.69 Å². The van der Waals surface area contributed by atoms with Crippen molar-refractivity contribution in [2.75, 3.05) is 13.6 Å². The Morgan fingerprint density at radius 3 is 2.60 bits per heavy atom. The van der Waals surface area contributed by atoms with Crippen LogP contribution < -0.4 is 0 Å². The van der Waals surface area contributed by atoms with Crippen molar-refractivity contribution in [3.8, 4) is 0 Å². The molecule has 0 radical (unpaired) electrons. The van der Waals surface area contributed by atoms with Crippen LogP contribution in [-0.2, 0) is 15.1 Å². The number of carboxylic acids is 1. The first-order valence-corrected chi connectivity index (χ1v) is 5.83. The van der Waals surface area contributed by atoms with Crippen LogP contribution in [0.5, 0.6) is 0 Å². The molecule has 1 heterocycles. The number of likely N-dealkylation sites (N-methyl/N-ethyl adjacent to an activating group) is 1. The Morgan fingerprint density at radius 2 is 2.15 bits per heavy atom. The fraction of sp³-hybridized carbons (Fsp3) is 0.545. The molecule has 0 saturated carbocycles. The summed E-state index contributed by atoms with van der Waals surface area (Å²) in [4.78, 5) is 34.0. The number of aliphatic carboxylic acids is 1. The number of carbonyl (C=O) groups excluding carboxylic acids is 1. The van der Waals surface area contributed by atoms with Crippen LogP contribution in [0.1, 0.15) is 20.3 Å². The zero-order valence-electron chi connectivity index (χ0n) is 11.4. The molecule has 0 aliphatic heterocycles. The molecule has 9 nitrogen and oxygen atoms in total. The van der Waals surface area contributed by atoms with Gasteiger partial charge < -0.3 is 10.0 Å². The molecular weight excluding hydrogens is 268 g/mol. The summed E-state index contributed by atoms with van der Waals surface area (Å²) >= 11 is 0. The smallest absolute Gasteiger partial charge is 0.307 e. The maximum absolute atomic E-state index is 12.3. The Bertz CT molecular complexity index is 537. The molecule has 0 aromatic carbocycles. The third kappa shape index (κ3) is 3.31. The van der Waals surface area contributed by atoms with Crippen LogP contribution >= 0.6 is 0 Å². The van der Waals surface area contributed by atoms with Crippen LogP contribution in [0.3, 0.4) is 0 Å². The summed E-state index contributed by atoms with van der Waals surface area (Å²) in [6, 6.07) is 0. The Labute approximate surface area is 114 Å². The normalized spacial score (nSPS) is 11.2. The molecule has 0 fully saturated rings. The number of nitrogens with zero attached hydrogens (tertiary/aromatic N) is 4. The predicted octanol–water partition coefficient (Wildman–Crippen LogP) is 0.459. The summed E-state index contributed by atoms with van der Waals surface area (Å²) in [6.45, 7) is 3.17. The van der Waals surface area contributed by atoms with Gasteiger partial charge in [-0.15, -0.1) is 0 Å². The van der Waals surface area contributed by atoms with Gasteiger partial charge in [0.15, 0.2) is 0 Å². The number of amides is 1. The molecule has 9 heteroatoms. The van der Waals surface area contributed by atoms with E-state index in [9.17, 15) is 19.7 Å². The molecule has 0 spiro atoms. The van der Waals surface area contributed by atoms with E-state index in [1.165, 1.54) is 22.8 Å². The van der Waals surface area contributed by atoms with E-state index in [0.29, 0.717) is 0 Å². The highest BCUT2D eigenvalue weighted by Gasteiger charge is 2.34. The number of carbonyl (C=O) groups is 2. The van der Waals surface area contributed by atoms with Crippen LogP contribution in [0.15, 0.2) is 12.4 Å². The Hall–Kier alpha value is -2.45. The number of hydrogen-bond acceptors (Lipinski definition) is 5. The lowest BCUT2D eigenvalue weighted by Crippen LogP contribution is -2.46. The molecular formula is C11H16N4O5. The molecule has 0 bridgehead atoms. The quantitative estimate of drug-likeness (QED) is 0.598. The number of hydrogen-bond donors (Lipinski definition) is 1. The summed E-state index contributed by atoms with van der Waals surface area (Å²) < 4.78 is 1.20. The fourth-order valence-corrected chi connectivity index (χ4v) is 1.64. The standard InChI is InChI=1S/C11H16N4O5/c1-11(2,10(18)13(3)5-4-9(16)17)14-7-8(6-12-14)15(19)20/h6-7H,4-5H2,1-3H3,(H,16,17). The van der Waals surface area contributed by atoms with Gasteiger partial charge in [0.1, 0.15) is 17.9 Å². The van der Waals surface area contributed by atoms with Crippen molar-refractivity contribution in [3.63, 3.8) is 0 Å². The minimum Gasteiger partial charge on any atom is -0.481 e. The van der Waals surface area contributed by atoms with Gasteiger partial charge in [-0.05, 0) is 13.8 Å². The monoisotopic (exact) mass is 284 g/mol. The minimum atomic E-state index is -1.14. The maximum atomic E-state index is 12.3. The van der Waals surface area contributed by atoms with Crippen LogP contribution in [0.2, 0.25) is 0 Å². The highest BCUT2D eigenvalue weighted by Crippen LogP contribution is 2.20. The number of carboxylic acid groups (broad SMARTS) is 1. The summed E-state index contributed by atoms with van der Waals surface area (Å²) in [7, 11) is 1.48. The van der Waals surface area contributed by atoms with Crippen molar-refractivity contribution in [1.82, 2.24) is 14.7 Å². The maximum Gasteiger partial charge on any atom is 0.307 e. The molecule has 0 atom stereocenters. The summed E-state index contributed by atoms with van der Waals surface area (Å²) in [6.07, 6.45) is 2.06. The first-order valence-electron chi connectivity index (χ1n) is 5.83. The second-order valence-corrected chi connectivity index (χ2v) is 4.83. The predicted molar refractivity (Wildman–Crippen MR) is 68.1 cm³/mol. The van der Waals surface area contributed by atoms with E-state index in [4.69, 9.17) is 5.11 Å². The zero-order valence-corrected chi connectivity index (χ0v) is 11.4. The molecule has 20 heavy (non-hydrogen) atoms. The lowest BCUT2D eigenvalue weighted by atomic mass is 10.0. The third-order valence-electron chi connectivity index (χ3n) is 2.88. The number of aromatic nitrogens is 2. The number of nitro groups is 1. The third-order valence-corrected chi connectivity index (χ3v) is 2.88. The molecule has 0 aliphatic rings. The van der Waals surface area contributed by atoms with Crippen molar-refractivity contribution >= 4 is 17.6 Å². The average Bonchev–Trinajstić information content (AvgIpc) is 2.85. The second kappa shape index (κ2) is 5.68. The first kappa shape index (κ1) is 15.6. The molecule has 0 unspecified atom stereocenters. The minimum absolute atomic E-state index is 0.0565. The van der Waals surface area contributed by atoms with E-state index < -0.39 is 16.4 Å². The SMILES string of the molecule is CN(CCC(=O)O)C(=O)C(C)(C)n1cc([N+](=O)[O-])cn1. The van der Waals surface area contributed by atoms with Gasteiger partial charge in [-0.1, -0.05) is 0 Å². The van der Waals surface area contributed by atoms with Gasteiger partial charge in [0, 0.05) is 13.6 Å². The summed E-state index contributed by atoms with van der Waals surface area (Å²) in [5.74, 6) is -1.38. The lowest BCUT2D eigenvalue weighted by molar-refractivity contribution is -0.385. The summed E-state index contributed by atoms with van der Waals surface area (Å²) in [5.41, 5.74) is -1.35. The van der Waals surface area contributed by atoms with Gasteiger partial charge in [0.2, 0.25) is 5.91 Å². The molecule has 1 rings (SSSR count). The average molecular weight is 284 g/mol. The first-order chi connectivity index (χ1) is 9.16. The van der Waals surface area contributed by atoms with E-state index in [2.05, 4.69) is 5.10 Å². The Morgan fingerprint density at radius 1 is 1.55 bits per heavy atom. The van der Waals surface area contributed by atoms with E-state index in [0.717, 1.165) is 6.20 Å². The van der Waals surface area contributed by atoms with E-state index in [1.54, 1.807) is 13.8 Å². The van der Waals surface area contributed by atoms with E-state index >= 15 is 0 Å². The molecule has 0 saturated heterocycles. The van der Waals surface area contributed by atoms with Gasteiger partial charge in [0.05, 0.1) is 11.3 Å². The van der Waals surface area contributed by atoms with Crippen LogP contribution in [0.25, 0.3) is 0 Å². The van der Waals surface area contributed by atoms with E-state index in [-0.39, 0.29) is 24.6 Å². The van der Waals surface area contributed by atoms with Crippen molar-refractivity contribution in [1.29, 1.82) is 0 Å². The van der Waals surface area contributed by atoms with Gasteiger partial charge in [0.25, 0.3) is 0 Å². The van der Waals surface area contributed by atoms with Crippen LogP contribution in [0, 0.1) is 10.1 Å². The Kier molecular flexibility index (Phi) is 4.43. The topological polar surface area (TPSA) is 119 Å². The Balaban J connectivity index is 2.87. The summed E-state index contributed by atoms with van der Waals surface area (Å²) in [5, 5.41) is 23.0. The number of rotatable bonds is 6. The van der Waals surface area contributed by atoms with E-state index in [1.807, 2.05) is 0 Å². The lowest BCUT2D eigenvalue weighted by Gasteiger charge is -2.29. The van der Waals surface area contributed by atoms with Crippen molar-refractivity contribution in [2.24, 2.45) is 0 Å². The second-order valence-electron chi connectivity index (χ2n) is 4.83. The molecule has 1 amide bonds. The van der Waals surface area contributed by atoms with Crippen molar-refractivity contribution in [3.05, 3.63) is 22.5 Å². The zero-order chi connectivity index (χ0) is 15.5. The molecule has 1 aromatic heterocycles. The van der Waals surface area contributed by atoms with Gasteiger partial charge in [-0.25, -0.2) is 0 Å². The fourth-order valence-electron chi connectivity index (χ4n) is 1.64. The van der Waals surface area contributed by atoms with Gasteiger partial charge >= 0.3 is 11.7 Å². The van der Waals surface area contributed by atoms with Crippen molar-refractivity contribution < 1.29 is 19.6 Å². The van der Waals surface area contributed by atoms with Crippen molar-refractivity contribution in [2.45, 2.75) is 25.8 Å². The molecule has 0 aliphatic carbocycles. The highest BCUT2D eigenvalue weighted by molar-refractivity contribution is 5.83. The van der Waals surface area contributed by atoms with Gasteiger partial charge in [-0.2, -0.15) is 5.10 Å². The molecule has 1 aromatic rings. The van der Waals surface area contributed by atoms with Gasteiger partial charge in [-0.3, -0.25) is 24.4 Å². The molecule has 110 valence electrons.